The Morgan fingerprint density at radius 1 is 1.50 bits per heavy atom. The number of hydrogen-bond acceptors (Lipinski definition) is 1. The van der Waals surface area contributed by atoms with Crippen molar-refractivity contribution in [1.29, 1.82) is 0 Å². The SMILES string of the molecule is CCCC1(CC)[CH]CCO1. The Kier molecular flexibility index (Phi) is 2.72. The van der Waals surface area contributed by atoms with E-state index < -0.39 is 0 Å². The van der Waals surface area contributed by atoms with Crippen molar-refractivity contribution >= 4 is 0 Å². The van der Waals surface area contributed by atoms with E-state index in [1.54, 1.807) is 0 Å². The summed E-state index contributed by atoms with van der Waals surface area (Å²) in [5, 5.41) is 0. The molecule has 0 aliphatic carbocycles. The van der Waals surface area contributed by atoms with Gasteiger partial charge in [0.05, 0.1) is 5.60 Å². The third-order valence-electron chi connectivity index (χ3n) is 2.30. The van der Waals surface area contributed by atoms with Gasteiger partial charge in [0, 0.05) is 6.61 Å². The van der Waals surface area contributed by atoms with Gasteiger partial charge in [0.2, 0.25) is 0 Å². The molecule has 0 saturated carbocycles. The van der Waals surface area contributed by atoms with Gasteiger partial charge in [-0.2, -0.15) is 0 Å². The molecule has 0 aromatic heterocycles. The molecule has 0 aromatic rings. The van der Waals surface area contributed by atoms with Crippen LogP contribution in [0.25, 0.3) is 0 Å². The average Bonchev–Trinajstić information content (AvgIpc) is 2.39. The molecular weight excluding hydrogens is 124 g/mol. The van der Waals surface area contributed by atoms with Crippen molar-refractivity contribution in [3.63, 3.8) is 0 Å². The maximum atomic E-state index is 5.67. The van der Waals surface area contributed by atoms with E-state index in [1.165, 1.54) is 12.8 Å². The molecule has 0 bridgehead atoms. The lowest BCUT2D eigenvalue weighted by Gasteiger charge is -2.25. The van der Waals surface area contributed by atoms with Crippen molar-refractivity contribution in [3.05, 3.63) is 6.42 Å². The van der Waals surface area contributed by atoms with Crippen molar-refractivity contribution in [2.24, 2.45) is 0 Å². The molecule has 0 amide bonds. The first-order valence-electron chi connectivity index (χ1n) is 4.31. The maximum absolute atomic E-state index is 5.67. The zero-order valence-corrected chi connectivity index (χ0v) is 7.02. The van der Waals surface area contributed by atoms with E-state index in [0.29, 0.717) is 0 Å². The Morgan fingerprint density at radius 2 is 2.30 bits per heavy atom. The minimum Gasteiger partial charge on any atom is -0.375 e. The Morgan fingerprint density at radius 3 is 2.70 bits per heavy atom. The van der Waals surface area contributed by atoms with Gasteiger partial charge < -0.3 is 4.74 Å². The molecule has 1 heterocycles. The highest BCUT2D eigenvalue weighted by atomic mass is 16.5. The highest BCUT2D eigenvalue weighted by molar-refractivity contribution is 4.97. The molecule has 0 aromatic carbocycles. The van der Waals surface area contributed by atoms with Crippen molar-refractivity contribution in [2.45, 2.75) is 45.1 Å². The van der Waals surface area contributed by atoms with Crippen molar-refractivity contribution in [2.75, 3.05) is 6.61 Å². The fourth-order valence-corrected chi connectivity index (χ4v) is 1.66. The minimum atomic E-state index is 0.161. The molecule has 1 aliphatic rings. The van der Waals surface area contributed by atoms with Crippen LogP contribution in [0.3, 0.4) is 0 Å². The van der Waals surface area contributed by atoms with Gasteiger partial charge >= 0.3 is 0 Å². The Balaban J connectivity index is 2.41. The van der Waals surface area contributed by atoms with Gasteiger partial charge in [0.25, 0.3) is 0 Å². The normalized spacial score (nSPS) is 33.0. The molecule has 1 rings (SSSR count). The topological polar surface area (TPSA) is 9.23 Å². The molecule has 1 heteroatoms. The molecule has 0 spiro atoms. The first kappa shape index (κ1) is 8.06. The van der Waals surface area contributed by atoms with E-state index in [2.05, 4.69) is 20.3 Å². The number of rotatable bonds is 3. The second-order valence-corrected chi connectivity index (χ2v) is 3.01. The van der Waals surface area contributed by atoms with Crippen molar-refractivity contribution in [1.82, 2.24) is 0 Å². The van der Waals surface area contributed by atoms with Crippen LogP contribution in [0.4, 0.5) is 0 Å². The largest absolute Gasteiger partial charge is 0.375 e. The van der Waals surface area contributed by atoms with Crippen molar-refractivity contribution < 1.29 is 4.74 Å². The van der Waals surface area contributed by atoms with E-state index in [1.807, 2.05) is 0 Å². The van der Waals surface area contributed by atoms with Crippen LogP contribution in [-0.2, 0) is 4.74 Å². The quantitative estimate of drug-likeness (QED) is 0.587. The van der Waals surface area contributed by atoms with E-state index in [0.717, 1.165) is 19.4 Å². The van der Waals surface area contributed by atoms with Crippen LogP contribution in [0.15, 0.2) is 0 Å². The summed E-state index contributed by atoms with van der Waals surface area (Å²) in [6, 6.07) is 0. The maximum Gasteiger partial charge on any atom is 0.0712 e. The molecule has 1 fully saturated rings. The van der Waals surface area contributed by atoms with Crippen LogP contribution in [0.1, 0.15) is 39.5 Å². The van der Waals surface area contributed by atoms with Crippen LogP contribution < -0.4 is 0 Å². The van der Waals surface area contributed by atoms with Gasteiger partial charge in [-0.05, 0) is 25.7 Å². The molecular formula is C9H17O. The molecule has 1 atom stereocenters. The summed E-state index contributed by atoms with van der Waals surface area (Å²) >= 11 is 0. The second kappa shape index (κ2) is 3.38. The predicted molar refractivity (Wildman–Crippen MR) is 42.8 cm³/mol. The third-order valence-corrected chi connectivity index (χ3v) is 2.30. The lowest BCUT2D eigenvalue weighted by atomic mass is 9.92. The smallest absolute Gasteiger partial charge is 0.0712 e. The van der Waals surface area contributed by atoms with Gasteiger partial charge in [-0.3, -0.25) is 0 Å². The van der Waals surface area contributed by atoms with Gasteiger partial charge in [-0.25, -0.2) is 0 Å². The zero-order chi connectivity index (χ0) is 7.45. The molecule has 10 heavy (non-hydrogen) atoms. The highest BCUT2D eigenvalue weighted by Crippen LogP contribution is 2.31. The first-order chi connectivity index (χ1) is 4.83. The first-order valence-corrected chi connectivity index (χ1v) is 4.31. The second-order valence-electron chi connectivity index (χ2n) is 3.01. The summed E-state index contributed by atoms with van der Waals surface area (Å²) in [5.74, 6) is 0. The lowest BCUT2D eigenvalue weighted by Crippen LogP contribution is -2.26. The van der Waals surface area contributed by atoms with Crippen LogP contribution in [0, 0.1) is 6.42 Å². The summed E-state index contributed by atoms with van der Waals surface area (Å²) in [5.41, 5.74) is 0.161. The van der Waals surface area contributed by atoms with E-state index in [4.69, 9.17) is 4.74 Å². The molecule has 1 aliphatic heterocycles. The van der Waals surface area contributed by atoms with Crippen LogP contribution >= 0.6 is 0 Å². The third kappa shape index (κ3) is 1.51. The average molecular weight is 141 g/mol. The highest BCUT2D eigenvalue weighted by Gasteiger charge is 2.31. The predicted octanol–water partition coefficient (Wildman–Crippen LogP) is 2.56. The van der Waals surface area contributed by atoms with E-state index in [-0.39, 0.29) is 5.60 Å². The van der Waals surface area contributed by atoms with Gasteiger partial charge in [-0.15, -0.1) is 0 Å². The fourth-order valence-electron chi connectivity index (χ4n) is 1.66. The van der Waals surface area contributed by atoms with Gasteiger partial charge in [0.1, 0.15) is 0 Å². The summed E-state index contributed by atoms with van der Waals surface area (Å²) < 4.78 is 5.67. The summed E-state index contributed by atoms with van der Waals surface area (Å²) in [4.78, 5) is 0. The Labute approximate surface area is 63.8 Å². The van der Waals surface area contributed by atoms with E-state index in [9.17, 15) is 0 Å². The standard InChI is InChI=1S/C9H17O/c1-3-6-9(4-2)7-5-8-10-9/h7H,3-6,8H2,1-2H3. The van der Waals surface area contributed by atoms with Crippen LogP contribution in [0.5, 0.6) is 0 Å². The Hall–Kier alpha value is -0.0400. The van der Waals surface area contributed by atoms with E-state index >= 15 is 0 Å². The summed E-state index contributed by atoms with van der Waals surface area (Å²) in [6.45, 7) is 5.36. The minimum absolute atomic E-state index is 0.161. The monoisotopic (exact) mass is 141 g/mol. The number of hydrogen-bond donors (Lipinski definition) is 0. The molecule has 0 N–H and O–H groups in total. The molecule has 59 valence electrons. The van der Waals surface area contributed by atoms with Gasteiger partial charge in [-0.1, -0.05) is 20.3 Å². The lowest BCUT2D eigenvalue weighted by molar-refractivity contribution is 0.0121. The van der Waals surface area contributed by atoms with Gasteiger partial charge in [0.15, 0.2) is 0 Å². The summed E-state index contributed by atoms with van der Waals surface area (Å²) in [6.07, 6.45) is 7.05. The Bertz CT molecular complexity index is 92.9. The number of ether oxygens (including phenoxy) is 1. The van der Waals surface area contributed by atoms with Crippen molar-refractivity contribution in [3.8, 4) is 0 Å². The van der Waals surface area contributed by atoms with Crippen LogP contribution in [-0.4, -0.2) is 12.2 Å². The molecule has 1 saturated heterocycles. The summed E-state index contributed by atoms with van der Waals surface area (Å²) in [7, 11) is 0. The molecule has 1 radical (unpaired) electrons. The zero-order valence-electron chi connectivity index (χ0n) is 7.02. The molecule has 1 unspecified atom stereocenters. The fraction of sp³-hybridized carbons (Fsp3) is 0.889. The molecule has 1 nitrogen and oxygen atoms in total. The van der Waals surface area contributed by atoms with Crippen LogP contribution in [0.2, 0.25) is 0 Å².